The molecule has 0 radical (unpaired) electrons. The first-order valence-corrected chi connectivity index (χ1v) is 10.3. The fourth-order valence-electron chi connectivity index (χ4n) is 3.11. The van der Waals surface area contributed by atoms with Gasteiger partial charge in [0.25, 0.3) is 0 Å². The molecule has 3 aromatic rings. The van der Waals surface area contributed by atoms with Crippen LogP contribution in [0.5, 0.6) is 0 Å². The van der Waals surface area contributed by atoms with Gasteiger partial charge in [0.1, 0.15) is 17.0 Å². The first-order valence-electron chi connectivity index (χ1n) is 8.01. The second kappa shape index (κ2) is 6.05. The molecule has 0 atom stereocenters. The molecule has 0 unspecified atom stereocenters. The number of thiophene rings is 1. The van der Waals surface area contributed by atoms with E-state index in [4.69, 9.17) is 0 Å². The third-order valence-electron chi connectivity index (χ3n) is 4.38. The van der Waals surface area contributed by atoms with Crippen LogP contribution >= 0.6 is 11.3 Å². The Bertz CT molecular complexity index is 1060. The molecule has 6 nitrogen and oxygen atoms in total. The van der Waals surface area contributed by atoms with Crippen molar-refractivity contribution in [3.8, 4) is 0 Å². The zero-order valence-electron chi connectivity index (χ0n) is 14.0. The molecule has 2 aromatic heterocycles. The highest BCUT2D eigenvalue weighted by atomic mass is 32.2. The number of anilines is 2. The smallest absolute Gasteiger partial charge is 0.242 e. The molecule has 8 heteroatoms. The first kappa shape index (κ1) is 16.4. The lowest BCUT2D eigenvalue weighted by Gasteiger charge is -2.13. The monoisotopic (exact) mass is 374 g/mol. The fraction of sp³-hybridized carbons (Fsp3) is 0.294. The molecule has 1 aliphatic carbocycles. The molecule has 1 aliphatic rings. The Balaban J connectivity index is 1.76. The molecule has 130 valence electrons. The van der Waals surface area contributed by atoms with E-state index >= 15 is 0 Å². The molecule has 0 bridgehead atoms. The number of nitrogens with zero attached hydrogens (tertiary/aromatic N) is 3. The molecule has 2 heterocycles. The van der Waals surface area contributed by atoms with E-state index in [0.29, 0.717) is 5.69 Å². The lowest BCUT2D eigenvalue weighted by molar-refractivity contribution is 0.521. The van der Waals surface area contributed by atoms with Crippen molar-refractivity contribution in [2.45, 2.75) is 24.2 Å². The maximum atomic E-state index is 12.3. The second-order valence-corrected chi connectivity index (χ2v) is 9.44. The van der Waals surface area contributed by atoms with Crippen molar-refractivity contribution < 1.29 is 8.42 Å². The van der Waals surface area contributed by atoms with Crippen LogP contribution in [0, 0.1) is 0 Å². The van der Waals surface area contributed by atoms with Gasteiger partial charge in [-0.25, -0.2) is 22.7 Å². The van der Waals surface area contributed by atoms with Crippen molar-refractivity contribution in [3.05, 3.63) is 41.0 Å². The standard InChI is InChI=1S/C17H18N4O2S2/c1-21(2)25(22,23)12-6-3-5-11(9-12)20-16-15-13-7-4-8-14(13)24-17(15)19-10-18-16/h3,5-6,9-10H,4,7-8H2,1-2H3,(H,18,19,20). The van der Waals surface area contributed by atoms with Gasteiger partial charge >= 0.3 is 0 Å². The van der Waals surface area contributed by atoms with Gasteiger partial charge in [0.05, 0.1) is 10.3 Å². The number of nitrogens with one attached hydrogen (secondary N) is 1. The average molecular weight is 374 g/mol. The summed E-state index contributed by atoms with van der Waals surface area (Å²) in [6.07, 6.45) is 4.87. The second-order valence-electron chi connectivity index (χ2n) is 6.20. The summed E-state index contributed by atoms with van der Waals surface area (Å²) in [6, 6.07) is 6.80. The molecule has 0 spiro atoms. The Hall–Kier alpha value is -2.03. The maximum Gasteiger partial charge on any atom is 0.242 e. The van der Waals surface area contributed by atoms with Gasteiger partial charge in [-0.15, -0.1) is 11.3 Å². The molecular weight excluding hydrogens is 356 g/mol. The third-order valence-corrected chi connectivity index (χ3v) is 7.39. The zero-order valence-corrected chi connectivity index (χ0v) is 15.6. The van der Waals surface area contributed by atoms with Crippen molar-refractivity contribution in [1.29, 1.82) is 0 Å². The van der Waals surface area contributed by atoms with E-state index < -0.39 is 10.0 Å². The summed E-state index contributed by atoms with van der Waals surface area (Å²) in [7, 11) is -0.419. The lowest BCUT2D eigenvalue weighted by atomic mass is 10.2. The van der Waals surface area contributed by atoms with E-state index in [9.17, 15) is 8.42 Å². The van der Waals surface area contributed by atoms with Crippen molar-refractivity contribution in [2.24, 2.45) is 0 Å². The number of hydrogen-bond donors (Lipinski definition) is 1. The Morgan fingerprint density at radius 2 is 2.04 bits per heavy atom. The number of hydrogen-bond acceptors (Lipinski definition) is 6. The highest BCUT2D eigenvalue weighted by Crippen LogP contribution is 2.39. The molecule has 25 heavy (non-hydrogen) atoms. The summed E-state index contributed by atoms with van der Waals surface area (Å²) in [5.74, 6) is 0.740. The van der Waals surface area contributed by atoms with Gasteiger partial charge in [-0.1, -0.05) is 6.07 Å². The highest BCUT2D eigenvalue weighted by Gasteiger charge is 2.22. The van der Waals surface area contributed by atoms with Gasteiger partial charge < -0.3 is 5.32 Å². The molecule has 0 saturated carbocycles. The number of aryl methyl sites for hydroxylation is 2. The van der Waals surface area contributed by atoms with Crippen LogP contribution in [0.4, 0.5) is 11.5 Å². The van der Waals surface area contributed by atoms with Gasteiger partial charge in [-0.05, 0) is 43.0 Å². The van der Waals surface area contributed by atoms with Gasteiger partial charge in [-0.2, -0.15) is 0 Å². The number of rotatable bonds is 4. The van der Waals surface area contributed by atoms with E-state index in [0.717, 1.165) is 28.9 Å². The number of benzene rings is 1. The van der Waals surface area contributed by atoms with Crippen LogP contribution in [0.1, 0.15) is 16.9 Å². The summed E-state index contributed by atoms with van der Waals surface area (Å²) in [6.45, 7) is 0. The Kier molecular flexibility index (Phi) is 3.98. The summed E-state index contributed by atoms with van der Waals surface area (Å²) in [5, 5.41) is 4.36. The Morgan fingerprint density at radius 1 is 1.20 bits per heavy atom. The summed E-state index contributed by atoms with van der Waals surface area (Å²) in [5.41, 5.74) is 2.03. The van der Waals surface area contributed by atoms with Gasteiger partial charge in [0.2, 0.25) is 10.0 Å². The maximum absolute atomic E-state index is 12.3. The minimum atomic E-state index is -3.47. The molecule has 1 aromatic carbocycles. The lowest BCUT2D eigenvalue weighted by Crippen LogP contribution is -2.22. The van der Waals surface area contributed by atoms with E-state index in [-0.39, 0.29) is 4.90 Å². The minimum absolute atomic E-state index is 0.253. The molecule has 4 rings (SSSR count). The van der Waals surface area contributed by atoms with Gasteiger partial charge in [-0.3, -0.25) is 0 Å². The van der Waals surface area contributed by atoms with E-state index in [2.05, 4.69) is 15.3 Å². The van der Waals surface area contributed by atoms with Gasteiger partial charge in [0.15, 0.2) is 0 Å². The van der Waals surface area contributed by atoms with Crippen molar-refractivity contribution >= 4 is 43.1 Å². The quantitative estimate of drug-likeness (QED) is 0.759. The number of fused-ring (bicyclic) bond motifs is 3. The van der Waals surface area contributed by atoms with E-state index in [1.54, 1.807) is 35.9 Å². The van der Waals surface area contributed by atoms with Crippen LogP contribution in [0.15, 0.2) is 35.5 Å². The van der Waals surface area contributed by atoms with E-state index in [1.165, 1.54) is 35.3 Å². The van der Waals surface area contributed by atoms with Crippen molar-refractivity contribution in [2.75, 3.05) is 19.4 Å². The zero-order chi connectivity index (χ0) is 17.6. The van der Waals surface area contributed by atoms with Gasteiger partial charge in [0, 0.05) is 24.7 Å². The SMILES string of the molecule is CN(C)S(=O)(=O)c1cccc(Nc2ncnc3sc4c(c23)CCC4)c1. The number of aromatic nitrogens is 2. The van der Waals surface area contributed by atoms with Crippen molar-refractivity contribution in [3.63, 3.8) is 0 Å². The molecule has 0 saturated heterocycles. The van der Waals surface area contributed by atoms with Crippen LogP contribution in [0.25, 0.3) is 10.2 Å². The fourth-order valence-corrected chi connectivity index (χ4v) is 5.28. The predicted octanol–water partition coefficient (Wildman–Crippen LogP) is 3.17. The molecule has 0 amide bonds. The summed E-state index contributed by atoms with van der Waals surface area (Å²) < 4.78 is 25.9. The Morgan fingerprint density at radius 3 is 2.84 bits per heavy atom. The summed E-state index contributed by atoms with van der Waals surface area (Å²) >= 11 is 1.73. The predicted molar refractivity (Wildman–Crippen MR) is 100 cm³/mol. The topological polar surface area (TPSA) is 75.2 Å². The first-order chi connectivity index (χ1) is 12.0. The third kappa shape index (κ3) is 2.80. The highest BCUT2D eigenvalue weighted by molar-refractivity contribution is 7.89. The average Bonchev–Trinajstić information content (AvgIpc) is 3.16. The molecular formula is C17H18N4O2S2. The number of sulfonamides is 1. The van der Waals surface area contributed by atoms with Crippen LogP contribution in [-0.2, 0) is 22.9 Å². The largest absolute Gasteiger partial charge is 0.340 e. The Labute approximate surface area is 150 Å². The summed E-state index contributed by atoms with van der Waals surface area (Å²) in [4.78, 5) is 11.4. The molecule has 0 fully saturated rings. The molecule has 0 aliphatic heterocycles. The van der Waals surface area contributed by atoms with Crippen LogP contribution in [-0.4, -0.2) is 36.8 Å². The van der Waals surface area contributed by atoms with Crippen LogP contribution < -0.4 is 5.32 Å². The van der Waals surface area contributed by atoms with Crippen LogP contribution in [0.3, 0.4) is 0 Å². The minimum Gasteiger partial charge on any atom is -0.340 e. The van der Waals surface area contributed by atoms with E-state index in [1.807, 2.05) is 6.07 Å². The normalized spacial score (nSPS) is 14.2. The van der Waals surface area contributed by atoms with Crippen molar-refractivity contribution in [1.82, 2.24) is 14.3 Å². The van der Waals surface area contributed by atoms with Crippen LogP contribution in [0.2, 0.25) is 0 Å². The molecule has 1 N–H and O–H groups in total.